The van der Waals surface area contributed by atoms with Crippen LogP contribution in [0.15, 0.2) is 11.6 Å². The van der Waals surface area contributed by atoms with Crippen LogP contribution in [0.1, 0.15) is 41.5 Å². The molecule has 0 aromatic carbocycles. The van der Waals surface area contributed by atoms with Crippen molar-refractivity contribution in [2.45, 2.75) is 59.4 Å². The highest BCUT2D eigenvalue weighted by Gasteiger charge is 2.38. The lowest BCUT2D eigenvalue weighted by atomic mass is 10.0. The van der Waals surface area contributed by atoms with E-state index in [9.17, 15) is 22.8 Å². The second-order valence-electron chi connectivity index (χ2n) is 6.03. The zero-order valence-corrected chi connectivity index (χ0v) is 14.2. The van der Waals surface area contributed by atoms with Crippen LogP contribution in [-0.4, -0.2) is 36.5 Å². The summed E-state index contributed by atoms with van der Waals surface area (Å²) in [6.07, 6.45) is -4.92. The predicted molar refractivity (Wildman–Crippen MR) is 78.8 cm³/mol. The molecule has 0 fully saturated rings. The van der Waals surface area contributed by atoms with Crippen LogP contribution < -0.4 is 5.32 Å². The van der Waals surface area contributed by atoms with Crippen molar-refractivity contribution < 1.29 is 32.2 Å². The summed E-state index contributed by atoms with van der Waals surface area (Å²) in [5, 5.41) is 2.12. The molecule has 0 unspecified atom stereocenters. The first-order valence-electron chi connectivity index (χ1n) is 7.23. The SMILES string of the molecule is CCOC(=O)[C@@H](C)/C=C(/[C@H](C)NC(=O)OC(C)(C)C)C(F)(F)F. The molecule has 0 spiro atoms. The third-order valence-corrected chi connectivity index (χ3v) is 2.62. The van der Waals surface area contributed by atoms with Crippen LogP contribution >= 0.6 is 0 Å². The number of ether oxygens (including phenoxy) is 2. The number of nitrogens with one attached hydrogen (secondary N) is 1. The Bertz CT molecular complexity index is 453. The van der Waals surface area contributed by atoms with E-state index in [1.165, 1.54) is 13.8 Å². The van der Waals surface area contributed by atoms with Gasteiger partial charge in [-0.15, -0.1) is 0 Å². The summed E-state index contributed by atoms with van der Waals surface area (Å²) in [6, 6.07) is -1.37. The maximum Gasteiger partial charge on any atom is 0.414 e. The monoisotopic (exact) mass is 339 g/mol. The molecule has 0 aromatic heterocycles. The molecule has 1 amide bonds. The van der Waals surface area contributed by atoms with E-state index in [0.29, 0.717) is 0 Å². The van der Waals surface area contributed by atoms with E-state index in [4.69, 9.17) is 4.74 Å². The fourth-order valence-electron chi connectivity index (χ4n) is 1.66. The largest absolute Gasteiger partial charge is 0.466 e. The lowest BCUT2D eigenvalue weighted by Crippen LogP contribution is -2.41. The second kappa shape index (κ2) is 8.21. The molecule has 23 heavy (non-hydrogen) atoms. The van der Waals surface area contributed by atoms with Gasteiger partial charge in [-0.3, -0.25) is 4.79 Å². The molecule has 0 heterocycles. The van der Waals surface area contributed by atoms with Gasteiger partial charge in [0.25, 0.3) is 0 Å². The Kier molecular flexibility index (Phi) is 7.60. The summed E-state index contributed by atoms with van der Waals surface area (Å²) >= 11 is 0. The number of hydrogen-bond acceptors (Lipinski definition) is 4. The quantitative estimate of drug-likeness (QED) is 0.614. The maximum atomic E-state index is 13.2. The van der Waals surface area contributed by atoms with Gasteiger partial charge in [-0.25, -0.2) is 4.79 Å². The Labute approximate surface area is 134 Å². The normalized spacial score (nSPS) is 15.6. The van der Waals surface area contributed by atoms with Gasteiger partial charge in [-0.05, 0) is 41.5 Å². The molecule has 2 atom stereocenters. The first kappa shape index (κ1) is 21.3. The van der Waals surface area contributed by atoms with Crippen LogP contribution in [0.5, 0.6) is 0 Å². The highest BCUT2D eigenvalue weighted by molar-refractivity contribution is 5.74. The van der Waals surface area contributed by atoms with Crippen molar-refractivity contribution in [1.29, 1.82) is 0 Å². The van der Waals surface area contributed by atoms with Crippen LogP contribution in [0, 0.1) is 5.92 Å². The van der Waals surface area contributed by atoms with E-state index in [0.717, 1.165) is 6.08 Å². The molecule has 0 rings (SSSR count). The molecule has 134 valence electrons. The van der Waals surface area contributed by atoms with Crippen LogP contribution in [0.25, 0.3) is 0 Å². The molecule has 0 aliphatic heterocycles. The standard InChI is InChI=1S/C15H24F3NO4/c1-7-22-12(20)9(2)8-11(15(16,17)18)10(3)19-13(21)23-14(4,5)6/h8-10H,7H2,1-6H3,(H,19,21)/b11-8-/t9-,10-/m0/s1. The number of rotatable bonds is 5. The van der Waals surface area contributed by atoms with Crippen LogP contribution in [0.3, 0.4) is 0 Å². The summed E-state index contributed by atoms with van der Waals surface area (Å²) in [6.45, 7) is 8.89. The minimum atomic E-state index is -4.70. The molecule has 0 aliphatic carbocycles. The zero-order valence-electron chi connectivity index (χ0n) is 14.2. The molecular weight excluding hydrogens is 315 g/mol. The number of carbonyl (C=O) groups is 2. The molecular formula is C15H24F3NO4. The minimum Gasteiger partial charge on any atom is -0.466 e. The third kappa shape index (κ3) is 8.47. The van der Waals surface area contributed by atoms with Gasteiger partial charge in [-0.2, -0.15) is 13.2 Å². The molecule has 5 nitrogen and oxygen atoms in total. The number of amides is 1. The zero-order chi connectivity index (χ0) is 18.4. The summed E-state index contributed by atoms with van der Waals surface area (Å²) in [5.41, 5.74) is -1.87. The topological polar surface area (TPSA) is 64.6 Å². The van der Waals surface area contributed by atoms with Gasteiger partial charge in [0.2, 0.25) is 0 Å². The summed E-state index contributed by atoms with van der Waals surface area (Å²) in [4.78, 5) is 23.1. The van der Waals surface area contributed by atoms with E-state index >= 15 is 0 Å². The molecule has 0 aliphatic rings. The van der Waals surface area contributed by atoms with Crippen molar-refractivity contribution in [2.24, 2.45) is 5.92 Å². The second-order valence-corrected chi connectivity index (χ2v) is 6.03. The van der Waals surface area contributed by atoms with Gasteiger partial charge >= 0.3 is 18.2 Å². The summed E-state index contributed by atoms with van der Waals surface area (Å²) in [7, 11) is 0. The van der Waals surface area contributed by atoms with Crippen LogP contribution in [0.4, 0.5) is 18.0 Å². The number of carbonyl (C=O) groups excluding carboxylic acids is 2. The van der Waals surface area contributed by atoms with Gasteiger partial charge in [-0.1, -0.05) is 6.08 Å². The van der Waals surface area contributed by atoms with Crippen molar-refractivity contribution in [2.75, 3.05) is 6.61 Å². The Morgan fingerprint density at radius 2 is 1.70 bits per heavy atom. The average molecular weight is 339 g/mol. The van der Waals surface area contributed by atoms with Crippen molar-refractivity contribution in [1.82, 2.24) is 5.32 Å². The van der Waals surface area contributed by atoms with Crippen LogP contribution in [0.2, 0.25) is 0 Å². The maximum absolute atomic E-state index is 13.2. The van der Waals surface area contributed by atoms with E-state index in [1.54, 1.807) is 27.7 Å². The van der Waals surface area contributed by atoms with E-state index in [1.807, 2.05) is 0 Å². The highest BCUT2D eigenvalue weighted by atomic mass is 19.4. The van der Waals surface area contributed by atoms with Crippen molar-refractivity contribution in [3.05, 3.63) is 11.6 Å². The van der Waals surface area contributed by atoms with Crippen molar-refractivity contribution in [3.63, 3.8) is 0 Å². The molecule has 1 N–H and O–H groups in total. The van der Waals surface area contributed by atoms with Crippen molar-refractivity contribution >= 4 is 12.1 Å². The van der Waals surface area contributed by atoms with Gasteiger partial charge in [0, 0.05) is 0 Å². The fourth-order valence-corrected chi connectivity index (χ4v) is 1.66. The first-order valence-corrected chi connectivity index (χ1v) is 7.23. The molecule has 0 bridgehead atoms. The highest BCUT2D eigenvalue weighted by Crippen LogP contribution is 2.29. The van der Waals surface area contributed by atoms with Crippen LogP contribution in [-0.2, 0) is 14.3 Å². The lowest BCUT2D eigenvalue weighted by molar-refractivity contribution is -0.145. The Balaban J connectivity index is 5.19. The number of esters is 1. The van der Waals surface area contributed by atoms with Gasteiger partial charge in [0.05, 0.1) is 24.1 Å². The molecule has 8 heteroatoms. The summed E-state index contributed by atoms with van der Waals surface area (Å²) in [5.74, 6) is -1.85. The van der Waals surface area contributed by atoms with Crippen molar-refractivity contribution in [3.8, 4) is 0 Å². The predicted octanol–water partition coefficient (Wildman–Crippen LogP) is 3.59. The molecule has 0 saturated carbocycles. The number of hydrogen-bond donors (Lipinski definition) is 1. The molecule has 0 aromatic rings. The molecule has 0 saturated heterocycles. The Hall–Kier alpha value is -1.73. The lowest BCUT2D eigenvalue weighted by Gasteiger charge is -2.24. The van der Waals surface area contributed by atoms with E-state index in [2.05, 4.69) is 10.1 Å². The number of halogens is 3. The van der Waals surface area contributed by atoms with E-state index in [-0.39, 0.29) is 6.61 Å². The smallest absolute Gasteiger partial charge is 0.414 e. The number of alkyl carbamates (subject to hydrolysis) is 1. The average Bonchev–Trinajstić information content (AvgIpc) is 2.31. The van der Waals surface area contributed by atoms with Gasteiger partial charge < -0.3 is 14.8 Å². The first-order chi connectivity index (χ1) is 10.3. The summed E-state index contributed by atoms with van der Waals surface area (Å²) < 4.78 is 49.1. The minimum absolute atomic E-state index is 0.0735. The molecule has 0 radical (unpaired) electrons. The number of alkyl halides is 3. The Morgan fingerprint density at radius 3 is 2.09 bits per heavy atom. The Morgan fingerprint density at radius 1 is 1.17 bits per heavy atom. The van der Waals surface area contributed by atoms with Gasteiger partial charge in [0.1, 0.15) is 5.60 Å². The van der Waals surface area contributed by atoms with E-state index < -0.39 is 41.4 Å². The fraction of sp³-hybridized carbons (Fsp3) is 0.733. The van der Waals surface area contributed by atoms with Gasteiger partial charge in [0.15, 0.2) is 0 Å². The third-order valence-electron chi connectivity index (χ3n) is 2.62.